The zero-order chi connectivity index (χ0) is 13.5. The Kier molecular flexibility index (Phi) is 4.30. The molecule has 3 nitrogen and oxygen atoms in total. The van der Waals surface area contributed by atoms with Crippen LogP contribution in [0.2, 0.25) is 0 Å². The fraction of sp³-hybridized carbons (Fsp3) is 0.125. The van der Waals surface area contributed by atoms with Crippen LogP contribution in [-0.2, 0) is 9.53 Å². The third-order valence-corrected chi connectivity index (χ3v) is 2.39. The summed E-state index contributed by atoms with van der Waals surface area (Å²) in [5.41, 5.74) is 1.64. The Hall–Kier alpha value is -2.60. The molecule has 0 saturated heterocycles. The number of hydrogen-bond donors (Lipinski definition) is 0. The van der Waals surface area contributed by atoms with Gasteiger partial charge in [-0.25, -0.2) is 0 Å². The quantitative estimate of drug-likeness (QED) is 0.608. The number of pyridine rings is 1. The Morgan fingerprint density at radius 2 is 2.00 bits per heavy atom. The van der Waals surface area contributed by atoms with Gasteiger partial charge < -0.3 is 4.74 Å². The molecular weight excluding hydrogens is 238 g/mol. The van der Waals surface area contributed by atoms with Crippen molar-refractivity contribution in [1.82, 2.24) is 4.98 Å². The monoisotopic (exact) mass is 251 g/mol. The van der Waals surface area contributed by atoms with Crippen LogP contribution in [0, 0.1) is 11.8 Å². The van der Waals surface area contributed by atoms with Crippen LogP contribution in [-0.4, -0.2) is 11.0 Å². The van der Waals surface area contributed by atoms with Gasteiger partial charge in [0.2, 0.25) is 0 Å². The van der Waals surface area contributed by atoms with Crippen molar-refractivity contribution < 1.29 is 9.53 Å². The van der Waals surface area contributed by atoms with E-state index < -0.39 is 6.10 Å². The standard InChI is InChI=1S/C16H13NO2/c1-13(18)19-16(15-8-5-11-17-12-15)10-9-14-6-3-2-4-7-14/h2-8,11-12,16H,1H3. The van der Waals surface area contributed by atoms with Gasteiger partial charge in [0, 0.05) is 30.4 Å². The first-order valence-electron chi connectivity index (χ1n) is 5.89. The summed E-state index contributed by atoms with van der Waals surface area (Å²) >= 11 is 0. The number of ether oxygens (including phenoxy) is 1. The summed E-state index contributed by atoms with van der Waals surface area (Å²) in [6, 6.07) is 13.2. The molecule has 0 N–H and O–H groups in total. The first-order chi connectivity index (χ1) is 9.25. The Labute approximate surface area is 112 Å². The molecule has 0 spiro atoms. The molecular formula is C16H13NO2. The van der Waals surface area contributed by atoms with Gasteiger partial charge in [-0.2, -0.15) is 0 Å². The molecule has 0 radical (unpaired) electrons. The highest BCUT2D eigenvalue weighted by molar-refractivity contribution is 5.66. The minimum atomic E-state index is -0.591. The Balaban J connectivity index is 2.25. The molecule has 2 aromatic rings. The molecule has 1 aromatic carbocycles. The molecule has 0 aliphatic carbocycles. The van der Waals surface area contributed by atoms with Crippen LogP contribution in [0.1, 0.15) is 24.2 Å². The SMILES string of the molecule is CC(=O)OC(C#Cc1ccccc1)c1cccnc1. The van der Waals surface area contributed by atoms with Crippen molar-refractivity contribution in [2.24, 2.45) is 0 Å². The van der Waals surface area contributed by atoms with Crippen LogP contribution >= 0.6 is 0 Å². The predicted molar refractivity (Wildman–Crippen MR) is 72.1 cm³/mol. The highest BCUT2D eigenvalue weighted by atomic mass is 16.5. The fourth-order valence-electron chi connectivity index (χ4n) is 1.55. The van der Waals surface area contributed by atoms with Gasteiger partial charge >= 0.3 is 5.97 Å². The first-order valence-corrected chi connectivity index (χ1v) is 5.89. The molecule has 0 aliphatic heterocycles. The van der Waals surface area contributed by atoms with Crippen molar-refractivity contribution >= 4 is 5.97 Å². The average molecular weight is 251 g/mol. The van der Waals surface area contributed by atoms with Crippen molar-refractivity contribution in [3.05, 3.63) is 66.0 Å². The summed E-state index contributed by atoms with van der Waals surface area (Å²) in [6.07, 6.45) is 2.72. The van der Waals surface area contributed by atoms with E-state index in [4.69, 9.17) is 4.74 Å². The zero-order valence-electron chi connectivity index (χ0n) is 10.5. The summed E-state index contributed by atoms with van der Waals surface area (Å²) in [5.74, 6) is 5.58. The van der Waals surface area contributed by atoms with E-state index in [2.05, 4.69) is 16.8 Å². The number of aromatic nitrogens is 1. The van der Waals surface area contributed by atoms with Crippen LogP contribution in [0.4, 0.5) is 0 Å². The van der Waals surface area contributed by atoms with E-state index in [0.717, 1.165) is 11.1 Å². The maximum absolute atomic E-state index is 11.1. The second kappa shape index (κ2) is 6.36. The molecule has 0 aliphatic rings. The number of hydrogen-bond acceptors (Lipinski definition) is 3. The Morgan fingerprint density at radius 3 is 2.63 bits per heavy atom. The van der Waals surface area contributed by atoms with Crippen molar-refractivity contribution in [3.63, 3.8) is 0 Å². The van der Waals surface area contributed by atoms with Gasteiger partial charge in [-0.15, -0.1) is 0 Å². The summed E-state index contributed by atoms with van der Waals surface area (Å²) in [5, 5.41) is 0. The Morgan fingerprint density at radius 1 is 1.21 bits per heavy atom. The number of carbonyl (C=O) groups excluding carboxylic acids is 1. The van der Waals surface area contributed by atoms with Crippen LogP contribution < -0.4 is 0 Å². The zero-order valence-corrected chi connectivity index (χ0v) is 10.5. The lowest BCUT2D eigenvalue weighted by Gasteiger charge is -2.10. The lowest BCUT2D eigenvalue weighted by molar-refractivity contribution is -0.144. The van der Waals surface area contributed by atoms with Gasteiger partial charge in [0.1, 0.15) is 0 Å². The average Bonchev–Trinajstić information content (AvgIpc) is 2.45. The maximum Gasteiger partial charge on any atom is 0.304 e. The number of esters is 1. The molecule has 0 saturated carbocycles. The van der Waals surface area contributed by atoms with Crippen LogP contribution in [0.5, 0.6) is 0 Å². The molecule has 2 rings (SSSR count). The van der Waals surface area contributed by atoms with Gasteiger partial charge in [0.05, 0.1) is 0 Å². The second-order valence-electron chi connectivity index (χ2n) is 3.91. The minimum absolute atomic E-state index is 0.365. The van der Waals surface area contributed by atoms with E-state index in [1.54, 1.807) is 18.5 Å². The second-order valence-corrected chi connectivity index (χ2v) is 3.91. The highest BCUT2D eigenvalue weighted by Gasteiger charge is 2.11. The third-order valence-electron chi connectivity index (χ3n) is 2.39. The number of benzene rings is 1. The van der Waals surface area contributed by atoms with Crippen LogP contribution in [0.3, 0.4) is 0 Å². The number of carbonyl (C=O) groups is 1. The topological polar surface area (TPSA) is 39.2 Å². The van der Waals surface area contributed by atoms with E-state index in [9.17, 15) is 4.79 Å². The van der Waals surface area contributed by atoms with E-state index in [1.807, 2.05) is 36.4 Å². The summed E-state index contributed by atoms with van der Waals surface area (Å²) in [6.45, 7) is 1.37. The number of rotatable bonds is 2. The van der Waals surface area contributed by atoms with E-state index in [-0.39, 0.29) is 5.97 Å². The molecule has 0 fully saturated rings. The van der Waals surface area contributed by atoms with Gasteiger partial charge in [-0.1, -0.05) is 30.2 Å². The molecule has 0 bridgehead atoms. The summed E-state index contributed by atoms with van der Waals surface area (Å²) in [4.78, 5) is 15.1. The predicted octanol–water partition coefficient (Wildman–Crippen LogP) is 2.74. The third kappa shape index (κ3) is 3.97. The van der Waals surface area contributed by atoms with Crippen LogP contribution in [0.25, 0.3) is 0 Å². The van der Waals surface area contributed by atoms with E-state index in [1.165, 1.54) is 6.92 Å². The summed E-state index contributed by atoms with van der Waals surface area (Å²) in [7, 11) is 0. The van der Waals surface area contributed by atoms with Crippen molar-refractivity contribution in [1.29, 1.82) is 0 Å². The van der Waals surface area contributed by atoms with Crippen molar-refractivity contribution in [2.75, 3.05) is 0 Å². The highest BCUT2D eigenvalue weighted by Crippen LogP contribution is 2.15. The molecule has 1 unspecified atom stereocenters. The lowest BCUT2D eigenvalue weighted by atomic mass is 10.1. The number of nitrogens with zero attached hydrogens (tertiary/aromatic N) is 1. The smallest absolute Gasteiger partial charge is 0.304 e. The molecule has 1 atom stereocenters. The van der Waals surface area contributed by atoms with Crippen molar-refractivity contribution in [3.8, 4) is 11.8 Å². The van der Waals surface area contributed by atoms with E-state index in [0.29, 0.717) is 0 Å². The molecule has 19 heavy (non-hydrogen) atoms. The fourth-order valence-corrected chi connectivity index (χ4v) is 1.55. The largest absolute Gasteiger partial charge is 0.444 e. The lowest BCUT2D eigenvalue weighted by Crippen LogP contribution is -2.06. The van der Waals surface area contributed by atoms with E-state index >= 15 is 0 Å². The summed E-state index contributed by atoms with van der Waals surface area (Å²) < 4.78 is 5.21. The van der Waals surface area contributed by atoms with Gasteiger partial charge in [0.25, 0.3) is 0 Å². The first kappa shape index (κ1) is 12.8. The Bertz CT molecular complexity index is 597. The van der Waals surface area contributed by atoms with Gasteiger partial charge in [0.15, 0.2) is 6.10 Å². The maximum atomic E-state index is 11.1. The molecule has 0 amide bonds. The van der Waals surface area contributed by atoms with Crippen molar-refractivity contribution in [2.45, 2.75) is 13.0 Å². The minimum Gasteiger partial charge on any atom is -0.444 e. The molecule has 1 aromatic heterocycles. The molecule has 1 heterocycles. The molecule has 3 heteroatoms. The van der Waals surface area contributed by atoms with Gasteiger partial charge in [-0.05, 0) is 24.1 Å². The molecule has 94 valence electrons. The van der Waals surface area contributed by atoms with Gasteiger partial charge in [-0.3, -0.25) is 9.78 Å². The normalized spacial score (nSPS) is 11.0. The van der Waals surface area contributed by atoms with Crippen LogP contribution in [0.15, 0.2) is 54.9 Å².